The molecule has 0 aromatic carbocycles. The predicted octanol–water partition coefficient (Wildman–Crippen LogP) is -1.46. The van der Waals surface area contributed by atoms with Crippen molar-refractivity contribution in [2.75, 3.05) is 0 Å². The van der Waals surface area contributed by atoms with Gasteiger partial charge in [0.25, 0.3) is 0 Å². The standard InChI is InChI=1S/CH2O4.2Ni/c2-1(3)4-5-1;;/h2-3H;;. The maximum Gasteiger partial charge on any atom is 0.461 e. The summed E-state index contributed by atoms with van der Waals surface area (Å²) in [6, 6.07) is 0. The van der Waals surface area contributed by atoms with Gasteiger partial charge in [0, 0.05) is 33.0 Å². The quantitative estimate of drug-likeness (QED) is 0.215. The average Bonchev–Trinajstić information content (AvgIpc) is 1.76. The third-order valence-electron chi connectivity index (χ3n) is 0.232. The fourth-order valence-electron chi connectivity index (χ4n) is 0.0373. The van der Waals surface area contributed by atoms with Gasteiger partial charge in [-0.05, 0) is 0 Å². The van der Waals surface area contributed by atoms with E-state index in [0.717, 1.165) is 0 Å². The Kier molecular flexibility index (Phi) is 4.57. The van der Waals surface area contributed by atoms with Crippen LogP contribution in [0.2, 0.25) is 0 Å². The second-order valence-electron chi connectivity index (χ2n) is 0.715. The summed E-state index contributed by atoms with van der Waals surface area (Å²) in [7, 11) is 0. The summed E-state index contributed by atoms with van der Waals surface area (Å²) in [5, 5.41) is 15.5. The zero-order valence-electron chi connectivity index (χ0n) is 2.84. The first-order valence-electron chi connectivity index (χ1n) is 1.02. The van der Waals surface area contributed by atoms with Gasteiger partial charge in [-0.1, -0.05) is 0 Å². The predicted molar refractivity (Wildman–Crippen MR) is 9.34 cm³/mol. The summed E-state index contributed by atoms with van der Waals surface area (Å²) >= 11 is 0. The van der Waals surface area contributed by atoms with Crippen LogP contribution in [0, 0.1) is 0 Å². The summed E-state index contributed by atoms with van der Waals surface area (Å²) in [6.45, 7) is 0. The van der Waals surface area contributed by atoms with E-state index in [0.29, 0.717) is 0 Å². The molecular formula is CH2Ni2O4. The Labute approximate surface area is 59.6 Å². The van der Waals surface area contributed by atoms with E-state index >= 15 is 0 Å². The van der Waals surface area contributed by atoms with Crippen molar-refractivity contribution in [3.05, 3.63) is 0 Å². The molecule has 0 aromatic rings. The van der Waals surface area contributed by atoms with Crippen LogP contribution in [0.4, 0.5) is 0 Å². The Morgan fingerprint density at radius 3 is 1.14 bits per heavy atom. The molecule has 1 aliphatic rings. The molecule has 0 amide bonds. The first-order chi connectivity index (χ1) is 2.21. The van der Waals surface area contributed by atoms with Crippen LogP contribution in [0.1, 0.15) is 0 Å². The third-order valence-corrected chi connectivity index (χ3v) is 0.232. The van der Waals surface area contributed by atoms with Crippen molar-refractivity contribution in [1.82, 2.24) is 0 Å². The van der Waals surface area contributed by atoms with E-state index in [4.69, 9.17) is 10.2 Å². The van der Waals surface area contributed by atoms with Crippen molar-refractivity contribution in [2.45, 2.75) is 6.16 Å². The van der Waals surface area contributed by atoms with E-state index in [2.05, 4.69) is 9.78 Å². The van der Waals surface area contributed by atoms with Gasteiger partial charge in [-0.3, -0.25) is 0 Å². The number of aliphatic hydroxyl groups is 2. The summed E-state index contributed by atoms with van der Waals surface area (Å²) in [5.74, 6) is 0. The van der Waals surface area contributed by atoms with E-state index in [-0.39, 0.29) is 33.0 Å². The van der Waals surface area contributed by atoms with Gasteiger partial charge < -0.3 is 10.2 Å². The van der Waals surface area contributed by atoms with Crippen molar-refractivity contribution >= 4 is 0 Å². The number of hydrogen-bond donors (Lipinski definition) is 2. The molecule has 1 rings (SSSR count). The molecule has 0 saturated carbocycles. The van der Waals surface area contributed by atoms with Crippen LogP contribution < -0.4 is 0 Å². The fraction of sp³-hybridized carbons (Fsp3) is 1.00. The zero-order valence-corrected chi connectivity index (χ0v) is 4.82. The Balaban J connectivity index is 0. The molecule has 1 aliphatic heterocycles. The summed E-state index contributed by atoms with van der Waals surface area (Å²) < 4.78 is 0. The normalized spacial score (nSPS) is 21.4. The molecule has 0 radical (unpaired) electrons. The van der Waals surface area contributed by atoms with Gasteiger partial charge >= 0.3 is 6.16 Å². The van der Waals surface area contributed by atoms with E-state index in [1.807, 2.05) is 0 Å². The van der Waals surface area contributed by atoms with Crippen molar-refractivity contribution < 1.29 is 53.0 Å². The average molecular weight is 195 g/mol. The Morgan fingerprint density at radius 2 is 1.14 bits per heavy atom. The van der Waals surface area contributed by atoms with Gasteiger partial charge in [0.1, 0.15) is 0 Å². The zero-order chi connectivity index (χ0) is 3.91. The van der Waals surface area contributed by atoms with E-state index < -0.39 is 6.16 Å². The first-order valence-corrected chi connectivity index (χ1v) is 1.02. The second-order valence-corrected chi connectivity index (χ2v) is 0.715. The van der Waals surface area contributed by atoms with Crippen LogP contribution in [0.25, 0.3) is 0 Å². The minimum Gasteiger partial charge on any atom is -0.315 e. The fourth-order valence-corrected chi connectivity index (χ4v) is 0.0373. The van der Waals surface area contributed by atoms with Crippen molar-refractivity contribution in [2.24, 2.45) is 0 Å². The molecule has 0 spiro atoms. The molecule has 0 unspecified atom stereocenters. The molecule has 6 heteroatoms. The van der Waals surface area contributed by atoms with Gasteiger partial charge in [-0.15, -0.1) is 9.78 Å². The minimum atomic E-state index is -2.25. The molecule has 0 bridgehead atoms. The first kappa shape index (κ1) is 10.7. The van der Waals surface area contributed by atoms with Crippen LogP contribution in [-0.4, -0.2) is 16.4 Å². The third kappa shape index (κ3) is 4.68. The summed E-state index contributed by atoms with van der Waals surface area (Å²) in [6.07, 6.45) is -2.25. The van der Waals surface area contributed by atoms with Gasteiger partial charge in [0.15, 0.2) is 0 Å². The minimum absolute atomic E-state index is 0. The molecule has 1 fully saturated rings. The van der Waals surface area contributed by atoms with Crippen molar-refractivity contribution in [1.29, 1.82) is 0 Å². The Morgan fingerprint density at radius 1 is 1.00 bits per heavy atom. The van der Waals surface area contributed by atoms with Crippen molar-refractivity contribution in [3.63, 3.8) is 0 Å². The molecule has 0 aliphatic carbocycles. The Hall–Kier alpha value is 0.827. The molecule has 50 valence electrons. The van der Waals surface area contributed by atoms with Crippen molar-refractivity contribution in [3.8, 4) is 0 Å². The van der Waals surface area contributed by atoms with E-state index in [9.17, 15) is 0 Å². The van der Waals surface area contributed by atoms with Crippen LogP contribution in [-0.2, 0) is 42.8 Å². The molecule has 1 heterocycles. The Bertz CT molecular complexity index is 47.7. The maximum absolute atomic E-state index is 7.74. The van der Waals surface area contributed by atoms with Crippen LogP contribution in [0.3, 0.4) is 0 Å². The van der Waals surface area contributed by atoms with Gasteiger partial charge in [-0.25, -0.2) is 0 Å². The molecular weight excluding hydrogens is 193 g/mol. The van der Waals surface area contributed by atoms with Crippen LogP contribution in [0.5, 0.6) is 0 Å². The molecule has 2 N–H and O–H groups in total. The SMILES string of the molecule is OC1(O)OO1.[Ni].[Ni]. The maximum atomic E-state index is 7.74. The largest absolute Gasteiger partial charge is 0.461 e. The van der Waals surface area contributed by atoms with Gasteiger partial charge in [-0.2, -0.15) is 0 Å². The topological polar surface area (TPSA) is 65.5 Å². The molecule has 0 atom stereocenters. The molecule has 7 heavy (non-hydrogen) atoms. The van der Waals surface area contributed by atoms with Gasteiger partial charge in [0.05, 0.1) is 0 Å². The summed E-state index contributed by atoms with van der Waals surface area (Å²) in [4.78, 5) is 7.01. The van der Waals surface area contributed by atoms with Gasteiger partial charge in [0.2, 0.25) is 0 Å². The van der Waals surface area contributed by atoms with Crippen LogP contribution in [0.15, 0.2) is 0 Å². The second kappa shape index (κ2) is 2.98. The number of rotatable bonds is 0. The molecule has 0 aromatic heterocycles. The molecule has 4 nitrogen and oxygen atoms in total. The smallest absolute Gasteiger partial charge is 0.315 e. The molecule has 1 saturated heterocycles. The number of hydrogen-bond acceptors (Lipinski definition) is 4. The van der Waals surface area contributed by atoms with E-state index in [1.165, 1.54) is 0 Å². The van der Waals surface area contributed by atoms with E-state index in [1.54, 1.807) is 0 Å². The van der Waals surface area contributed by atoms with Crippen LogP contribution >= 0.6 is 0 Å². The summed E-state index contributed by atoms with van der Waals surface area (Å²) in [5.41, 5.74) is 0. The monoisotopic (exact) mass is 194 g/mol.